The van der Waals surface area contributed by atoms with Gasteiger partial charge in [-0.3, -0.25) is 5.32 Å². The van der Waals surface area contributed by atoms with Gasteiger partial charge in [0, 0.05) is 11.8 Å². The number of fused-ring (bicyclic) bond motifs is 1. The van der Waals surface area contributed by atoms with Gasteiger partial charge < -0.3 is 10.5 Å². The molecular weight excluding hydrogens is 328 g/mol. The predicted molar refractivity (Wildman–Crippen MR) is 105 cm³/mol. The summed E-state index contributed by atoms with van der Waals surface area (Å²) in [6, 6.07) is 14.5. The number of allylic oxidation sites excluding steroid dienone is 2. The highest BCUT2D eigenvalue weighted by Gasteiger charge is 2.35. The summed E-state index contributed by atoms with van der Waals surface area (Å²) < 4.78 is 6.52. The molecule has 0 bridgehead atoms. The Hall–Kier alpha value is -1.46. The molecule has 1 aliphatic heterocycles. The van der Waals surface area contributed by atoms with E-state index in [0.717, 1.165) is 17.6 Å². The first-order valence-corrected chi connectivity index (χ1v) is 8.96. The van der Waals surface area contributed by atoms with E-state index in [1.807, 2.05) is 31.3 Å². The fourth-order valence-electron chi connectivity index (χ4n) is 2.78. The Kier molecular flexibility index (Phi) is 6.13. The van der Waals surface area contributed by atoms with Gasteiger partial charge in [0.15, 0.2) is 5.06 Å². The van der Waals surface area contributed by atoms with Gasteiger partial charge in [-0.1, -0.05) is 48.6 Å². The van der Waals surface area contributed by atoms with Crippen LogP contribution >= 0.6 is 23.3 Å². The minimum atomic E-state index is -0.552. The van der Waals surface area contributed by atoms with Crippen LogP contribution in [0.4, 0.5) is 0 Å². The molecule has 23 heavy (non-hydrogen) atoms. The van der Waals surface area contributed by atoms with Crippen molar-refractivity contribution in [2.75, 3.05) is 13.6 Å². The van der Waals surface area contributed by atoms with Crippen LogP contribution in [0.1, 0.15) is 6.42 Å². The molecule has 0 saturated heterocycles. The van der Waals surface area contributed by atoms with E-state index in [2.05, 4.69) is 46.5 Å². The largest absolute Gasteiger partial charge is 0.464 e. The Morgan fingerprint density at radius 1 is 1.09 bits per heavy atom. The lowest BCUT2D eigenvalue weighted by Crippen LogP contribution is -2.48. The molecule has 0 amide bonds. The van der Waals surface area contributed by atoms with Crippen molar-refractivity contribution in [3.8, 4) is 5.75 Å². The molecule has 0 fully saturated rings. The van der Waals surface area contributed by atoms with Crippen LogP contribution in [0.25, 0.3) is 10.8 Å². The summed E-state index contributed by atoms with van der Waals surface area (Å²) >= 11 is 0. The summed E-state index contributed by atoms with van der Waals surface area (Å²) in [6.07, 6.45) is 4.93. The summed E-state index contributed by atoms with van der Waals surface area (Å²) in [5.41, 5.74) is 5.87. The molecule has 0 aliphatic carbocycles. The summed E-state index contributed by atoms with van der Waals surface area (Å²) in [4.78, 5) is 0. The van der Waals surface area contributed by atoms with Crippen LogP contribution in [0.5, 0.6) is 5.75 Å². The standard InChI is InChI=1S/C18H22N2OS.ClH/c1-20-18(11-12-19,22-13-4-5-14-22)21-17-10-6-8-15-7-2-3-9-16(15)17;/h2-10,13-14,20,22H,11-12,19H2,1H3;1H/t18-;/m0./s1. The van der Waals surface area contributed by atoms with Crippen LogP contribution in [0, 0.1) is 0 Å². The third-order valence-electron chi connectivity index (χ3n) is 3.92. The van der Waals surface area contributed by atoms with Crippen LogP contribution in [-0.2, 0) is 0 Å². The lowest BCUT2D eigenvalue weighted by atomic mass is 10.1. The summed E-state index contributed by atoms with van der Waals surface area (Å²) in [5.74, 6) is 0.900. The van der Waals surface area contributed by atoms with Crippen LogP contribution < -0.4 is 15.8 Å². The third kappa shape index (κ3) is 3.56. The zero-order chi connectivity index (χ0) is 15.4. The van der Waals surface area contributed by atoms with Gasteiger partial charge in [-0.05, 0) is 35.9 Å². The van der Waals surface area contributed by atoms with E-state index in [1.54, 1.807) is 0 Å². The van der Waals surface area contributed by atoms with Crippen LogP contribution in [-0.4, -0.2) is 18.6 Å². The first kappa shape index (κ1) is 17.9. The van der Waals surface area contributed by atoms with Gasteiger partial charge in [0.1, 0.15) is 5.75 Å². The summed E-state index contributed by atoms with van der Waals surface area (Å²) in [7, 11) is 1.40. The van der Waals surface area contributed by atoms with Gasteiger partial charge in [0.05, 0.1) is 0 Å². The highest BCUT2D eigenvalue weighted by molar-refractivity contribution is 8.23. The van der Waals surface area contributed by atoms with Crippen molar-refractivity contribution in [2.45, 2.75) is 11.5 Å². The van der Waals surface area contributed by atoms with E-state index >= 15 is 0 Å². The second-order valence-corrected chi connectivity index (χ2v) is 7.38. The molecule has 0 radical (unpaired) electrons. The Morgan fingerprint density at radius 3 is 2.48 bits per heavy atom. The lowest BCUT2D eigenvalue weighted by Gasteiger charge is -2.40. The average molecular weight is 351 g/mol. The van der Waals surface area contributed by atoms with E-state index in [-0.39, 0.29) is 12.4 Å². The minimum absolute atomic E-state index is 0. The van der Waals surface area contributed by atoms with Crippen LogP contribution in [0.3, 0.4) is 0 Å². The molecule has 2 aromatic carbocycles. The number of ether oxygens (including phenoxy) is 1. The van der Waals surface area contributed by atoms with Crippen molar-refractivity contribution in [3.05, 3.63) is 65.4 Å². The van der Waals surface area contributed by atoms with E-state index in [1.165, 1.54) is 5.39 Å². The van der Waals surface area contributed by atoms with Gasteiger partial charge in [-0.15, -0.1) is 12.4 Å². The molecule has 5 heteroatoms. The smallest absolute Gasteiger partial charge is 0.199 e. The lowest BCUT2D eigenvalue weighted by molar-refractivity contribution is 0.131. The normalized spacial score (nSPS) is 17.0. The summed E-state index contributed by atoms with van der Waals surface area (Å²) in [5, 5.41) is 9.68. The molecular formula is C18H23ClN2OS. The highest BCUT2D eigenvalue weighted by atomic mass is 35.5. The second-order valence-electron chi connectivity index (χ2n) is 5.24. The van der Waals surface area contributed by atoms with Crippen LogP contribution in [0.15, 0.2) is 65.4 Å². The van der Waals surface area contributed by atoms with E-state index in [4.69, 9.17) is 10.5 Å². The first-order valence-electron chi connectivity index (χ1n) is 7.48. The van der Waals surface area contributed by atoms with Gasteiger partial charge >= 0.3 is 0 Å². The first-order chi connectivity index (χ1) is 10.8. The Labute approximate surface area is 146 Å². The molecule has 0 saturated carbocycles. The van der Waals surface area contributed by atoms with Gasteiger partial charge in [-0.2, -0.15) is 10.9 Å². The number of hydrogen-bond donors (Lipinski definition) is 3. The second kappa shape index (κ2) is 7.88. The minimum Gasteiger partial charge on any atom is -0.464 e. The van der Waals surface area contributed by atoms with Crippen molar-refractivity contribution in [2.24, 2.45) is 5.73 Å². The summed E-state index contributed by atoms with van der Waals surface area (Å²) in [6.45, 7) is 0.576. The monoisotopic (exact) mass is 350 g/mol. The Morgan fingerprint density at radius 2 is 1.78 bits per heavy atom. The topological polar surface area (TPSA) is 47.3 Å². The van der Waals surface area contributed by atoms with E-state index in [9.17, 15) is 0 Å². The number of nitrogens with two attached hydrogens (primary N) is 1. The molecule has 3 N–H and O–H groups in total. The molecule has 1 heterocycles. The molecule has 3 rings (SSSR count). The van der Waals surface area contributed by atoms with Crippen molar-refractivity contribution in [1.82, 2.24) is 5.32 Å². The maximum absolute atomic E-state index is 6.52. The molecule has 0 spiro atoms. The van der Waals surface area contributed by atoms with Gasteiger partial charge in [-0.25, -0.2) is 0 Å². The van der Waals surface area contributed by atoms with Crippen molar-refractivity contribution in [3.63, 3.8) is 0 Å². The number of thiol groups is 1. The SMILES string of the molecule is CN[C@@](CCN)(Oc1cccc2ccccc12)[SH]1C=CC=C1.Cl. The molecule has 2 aromatic rings. The maximum Gasteiger partial charge on any atom is 0.199 e. The van der Waals surface area contributed by atoms with Gasteiger partial charge in [0.2, 0.25) is 0 Å². The Bertz CT molecular complexity index is 702. The quantitative estimate of drug-likeness (QED) is 0.547. The zero-order valence-corrected chi connectivity index (χ0v) is 14.8. The Balaban J connectivity index is 0.00000192. The van der Waals surface area contributed by atoms with Crippen molar-refractivity contribution >= 4 is 34.1 Å². The number of hydrogen-bond acceptors (Lipinski definition) is 3. The number of nitrogens with one attached hydrogen (secondary N) is 1. The number of benzene rings is 2. The van der Waals surface area contributed by atoms with Crippen molar-refractivity contribution < 1.29 is 4.74 Å². The predicted octanol–water partition coefficient (Wildman–Crippen LogP) is 3.90. The van der Waals surface area contributed by atoms with Crippen LogP contribution in [0.2, 0.25) is 0 Å². The fourth-order valence-corrected chi connectivity index (χ4v) is 4.78. The van der Waals surface area contributed by atoms with Crippen molar-refractivity contribution in [1.29, 1.82) is 0 Å². The molecule has 1 atom stereocenters. The third-order valence-corrected chi connectivity index (χ3v) is 6.28. The molecule has 124 valence electrons. The molecule has 0 aromatic heterocycles. The molecule has 0 unspecified atom stereocenters. The van der Waals surface area contributed by atoms with E-state index < -0.39 is 16.0 Å². The number of rotatable bonds is 6. The molecule has 1 aliphatic rings. The maximum atomic E-state index is 6.52. The van der Waals surface area contributed by atoms with E-state index in [0.29, 0.717) is 6.54 Å². The molecule has 3 nitrogen and oxygen atoms in total. The fraction of sp³-hybridized carbons (Fsp3) is 0.222. The zero-order valence-electron chi connectivity index (χ0n) is 13.1. The number of halogens is 1. The highest BCUT2D eigenvalue weighted by Crippen LogP contribution is 2.48. The average Bonchev–Trinajstić information content (AvgIpc) is 3.10. The van der Waals surface area contributed by atoms with Gasteiger partial charge in [0.25, 0.3) is 0 Å².